The maximum Gasteiger partial charge on any atom is 0.433 e. The summed E-state index contributed by atoms with van der Waals surface area (Å²) in [4.78, 5) is 16.0. The lowest BCUT2D eigenvalue weighted by molar-refractivity contribution is -0.141. The summed E-state index contributed by atoms with van der Waals surface area (Å²) in [5.41, 5.74) is 2.82. The Morgan fingerprint density at radius 1 is 1.03 bits per heavy atom. The van der Waals surface area contributed by atoms with Gasteiger partial charge in [0.15, 0.2) is 11.1 Å². The maximum absolute atomic E-state index is 12.7. The first-order valence-electron chi connectivity index (χ1n) is 9.20. The zero-order valence-electron chi connectivity index (χ0n) is 16.4. The highest BCUT2D eigenvalue weighted by Crippen LogP contribution is 2.27. The normalized spacial score (nSPS) is 12.4. The second kappa shape index (κ2) is 9.40. The van der Waals surface area contributed by atoms with Gasteiger partial charge in [-0.2, -0.15) is 13.2 Å². The minimum Gasteiger partial charge on any atom is -0.348 e. The van der Waals surface area contributed by atoms with Crippen molar-refractivity contribution in [2.45, 2.75) is 25.4 Å². The van der Waals surface area contributed by atoms with Crippen LogP contribution in [0.4, 0.5) is 13.2 Å². The Morgan fingerprint density at radius 3 is 2.32 bits per heavy atom. The first-order chi connectivity index (χ1) is 14.6. The molecular formula is C22H19F3N2O3S. The number of halogens is 3. The van der Waals surface area contributed by atoms with E-state index in [9.17, 15) is 26.7 Å². The second-order valence-electron chi connectivity index (χ2n) is 6.98. The lowest BCUT2D eigenvalue weighted by Crippen LogP contribution is -2.23. The van der Waals surface area contributed by atoms with Crippen molar-refractivity contribution in [3.63, 3.8) is 0 Å². The van der Waals surface area contributed by atoms with Crippen molar-refractivity contribution >= 4 is 17.0 Å². The number of nitrogens with one attached hydrogen (secondary N) is 1. The average Bonchev–Trinajstić information content (AvgIpc) is 2.71. The molecule has 3 rings (SSSR count). The zero-order valence-corrected chi connectivity index (χ0v) is 17.3. The minimum absolute atomic E-state index is 0.0139. The molecule has 3 aromatic rings. The van der Waals surface area contributed by atoms with E-state index in [4.69, 9.17) is 0 Å². The van der Waals surface area contributed by atoms with Gasteiger partial charge in [0, 0.05) is 18.3 Å². The molecule has 0 fully saturated rings. The average molecular weight is 448 g/mol. The van der Waals surface area contributed by atoms with E-state index in [1.165, 1.54) is 12.1 Å². The number of hydrogen-bond acceptors (Lipinski definition) is 3. The van der Waals surface area contributed by atoms with Gasteiger partial charge >= 0.3 is 6.18 Å². The molecule has 162 valence electrons. The molecule has 1 aromatic heterocycles. The van der Waals surface area contributed by atoms with Gasteiger partial charge in [0.2, 0.25) is 0 Å². The predicted molar refractivity (Wildman–Crippen MR) is 111 cm³/mol. The minimum atomic E-state index is -4.53. The van der Waals surface area contributed by atoms with E-state index in [2.05, 4.69) is 10.3 Å². The van der Waals surface area contributed by atoms with Gasteiger partial charge in [-0.05, 0) is 47.4 Å². The highest BCUT2D eigenvalue weighted by Gasteiger charge is 2.32. The first-order valence-corrected chi connectivity index (χ1v) is 10.5. The molecule has 0 bridgehead atoms. The SMILES string of the molecule is Cc1ccc(-c2cc(CS(=O)O)cc(C(=O)NCc3ccc(C(F)(F)F)nc3)c2)cc1. The van der Waals surface area contributed by atoms with Crippen LogP contribution in [0.3, 0.4) is 0 Å². The Labute approximate surface area is 179 Å². The largest absolute Gasteiger partial charge is 0.433 e. The van der Waals surface area contributed by atoms with Crippen LogP contribution in [0.15, 0.2) is 60.8 Å². The molecule has 31 heavy (non-hydrogen) atoms. The topological polar surface area (TPSA) is 79.3 Å². The fraction of sp³-hybridized carbons (Fsp3) is 0.182. The van der Waals surface area contributed by atoms with Crippen LogP contribution in [0.1, 0.15) is 32.7 Å². The third-order valence-corrected chi connectivity index (χ3v) is 5.08. The third-order valence-electron chi connectivity index (χ3n) is 4.50. The number of amides is 1. The van der Waals surface area contributed by atoms with E-state index < -0.39 is 28.9 Å². The number of aryl methyl sites for hydroxylation is 1. The Morgan fingerprint density at radius 2 is 1.74 bits per heavy atom. The van der Waals surface area contributed by atoms with Crippen LogP contribution in [0.2, 0.25) is 0 Å². The van der Waals surface area contributed by atoms with Crippen LogP contribution < -0.4 is 5.32 Å². The van der Waals surface area contributed by atoms with Crippen molar-refractivity contribution in [2.75, 3.05) is 0 Å². The van der Waals surface area contributed by atoms with Gasteiger partial charge in [-0.3, -0.25) is 9.78 Å². The summed E-state index contributed by atoms with van der Waals surface area (Å²) in [6.07, 6.45) is -3.46. The number of hydrogen-bond donors (Lipinski definition) is 2. The molecule has 2 N–H and O–H groups in total. The van der Waals surface area contributed by atoms with Crippen molar-refractivity contribution < 1.29 is 26.7 Å². The standard InChI is InChI=1S/C22H19F3N2O3S/c1-14-2-5-17(6-3-14)18-8-16(13-31(29)30)9-19(10-18)21(28)27-12-15-4-7-20(26-11-15)22(23,24)25/h2-11H,12-13H2,1H3,(H,27,28)(H,29,30). The molecule has 0 aliphatic carbocycles. The predicted octanol–water partition coefficient (Wildman–Crippen LogP) is 4.73. The lowest BCUT2D eigenvalue weighted by atomic mass is 9.99. The van der Waals surface area contributed by atoms with Gasteiger partial charge in [0.05, 0.1) is 5.75 Å². The van der Waals surface area contributed by atoms with Crippen LogP contribution in [0, 0.1) is 6.92 Å². The van der Waals surface area contributed by atoms with Crippen molar-refractivity contribution in [3.05, 3.63) is 88.7 Å². The molecule has 1 unspecified atom stereocenters. The molecule has 0 aliphatic rings. The molecule has 5 nitrogen and oxygen atoms in total. The van der Waals surface area contributed by atoms with E-state index in [0.29, 0.717) is 16.7 Å². The number of nitrogens with zero attached hydrogens (tertiary/aromatic N) is 1. The molecule has 9 heteroatoms. The van der Waals surface area contributed by atoms with Gasteiger partial charge in [-0.25, -0.2) is 4.21 Å². The zero-order chi connectivity index (χ0) is 22.6. The number of aromatic nitrogens is 1. The Balaban J connectivity index is 1.81. The second-order valence-corrected chi connectivity index (χ2v) is 7.91. The molecule has 0 aliphatic heterocycles. The number of benzene rings is 2. The number of rotatable bonds is 6. The Kier molecular flexibility index (Phi) is 6.87. The molecule has 0 saturated carbocycles. The summed E-state index contributed by atoms with van der Waals surface area (Å²) >= 11 is -2.08. The van der Waals surface area contributed by atoms with Crippen LogP contribution >= 0.6 is 0 Å². The molecule has 0 saturated heterocycles. The summed E-state index contributed by atoms with van der Waals surface area (Å²) in [6.45, 7) is 1.93. The first kappa shape index (κ1) is 22.6. The fourth-order valence-corrected chi connectivity index (χ4v) is 3.39. The highest BCUT2D eigenvalue weighted by atomic mass is 32.2. The van der Waals surface area contributed by atoms with Crippen LogP contribution in [0.25, 0.3) is 11.1 Å². The van der Waals surface area contributed by atoms with E-state index in [1.54, 1.807) is 12.1 Å². The summed E-state index contributed by atoms with van der Waals surface area (Å²) < 4.78 is 58.4. The monoisotopic (exact) mass is 448 g/mol. The van der Waals surface area contributed by atoms with Gasteiger partial charge in [-0.1, -0.05) is 42.0 Å². The summed E-state index contributed by atoms with van der Waals surface area (Å²) in [5.74, 6) is -0.596. The fourth-order valence-electron chi connectivity index (χ4n) is 2.94. The Bertz CT molecular complexity index is 1100. The number of carbonyl (C=O) groups is 1. The number of carbonyl (C=O) groups excluding carboxylic acids is 1. The van der Waals surface area contributed by atoms with Gasteiger partial charge in [0.1, 0.15) is 5.69 Å². The van der Waals surface area contributed by atoms with Crippen LogP contribution in [-0.4, -0.2) is 19.7 Å². The molecule has 1 atom stereocenters. The number of pyridine rings is 1. The van der Waals surface area contributed by atoms with E-state index >= 15 is 0 Å². The molecule has 2 aromatic carbocycles. The molecule has 0 spiro atoms. The van der Waals surface area contributed by atoms with Gasteiger partial charge < -0.3 is 9.87 Å². The highest BCUT2D eigenvalue weighted by molar-refractivity contribution is 7.78. The number of alkyl halides is 3. The van der Waals surface area contributed by atoms with Crippen molar-refractivity contribution in [3.8, 4) is 11.1 Å². The molecule has 1 heterocycles. The molecular weight excluding hydrogens is 429 g/mol. The van der Waals surface area contributed by atoms with E-state index in [1.807, 2.05) is 31.2 Å². The van der Waals surface area contributed by atoms with Gasteiger partial charge in [0.25, 0.3) is 5.91 Å². The van der Waals surface area contributed by atoms with Crippen molar-refractivity contribution in [1.82, 2.24) is 10.3 Å². The van der Waals surface area contributed by atoms with Gasteiger partial charge in [-0.15, -0.1) is 0 Å². The van der Waals surface area contributed by atoms with Crippen molar-refractivity contribution in [1.29, 1.82) is 0 Å². The quantitative estimate of drug-likeness (QED) is 0.535. The summed E-state index contributed by atoms with van der Waals surface area (Å²) in [5, 5.41) is 2.64. The smallest absolute Gasteiger partial charge is 0.348 e. The Hall–Kier alpha value is -3.04. The third kappa shape index (κ3) is 6.22. The van der Waals surface area contributed by atoms with E-state index in [-0.39, 0.29) is 17.9 Å². The lowest BCUT2D eigenvalue weighted by Gasteiger charge is -2.11. The van der Waals surface area contributed by atoms with Crippen molar-refractivity contribution in [2.24, 2.45) is 0 Å². The summed E-state index contributed by atoms with van der Waals surface area (Å²) in [6, 6.07) is 14.6. The maximum atomic E-state index is 12.7. The van der Waals surface area contributed by atoms with Crippen LogP contribution in [0.5, 0.6) is 0 Å². The molecule has 1 amide bonds. The van der Waals surface area contributed by atoms with Crippen LogP contribution in [-0.2, 0) is 29.6 Å². The summed E-state index contributed by atoms with van der Waals surface area (Å²) in [7, 11) is 0. The van der Waals surface area contributed by atoms with E-state index in [0.717, 1.165) is 23.4 Å². The molecule has 0 radical (unpaired) electrons.